The zero-order valence-electron chi connectivity index (χ0n) is 13.6. The largest absolute Gasteiger partial charge is 0.307 e. The van der Waals surface area contributed by atoms with Crippen LogP contribution in [0.1, 0.15) is 30.6 Å². The molecule has 7 nitrogen and oxygen atoms in total. The lowest BCUT2D eigenvalue weighted by molar-refractivity contribution is 0.102. The van der Waals surface area contributed by atoms with Gasteiger partial charge in [-0.05, 0) is 31.5 Å². The second kappa shape index (κ2) is 7.10. The van der Waals surface area contributed by atoms with Crippen LogP contribution in [0.3, 0.4) is 0 Å². The smallest absolute Gasteiger partial charge is 0.259 e. The number of sulfonamides is 1. The Morgan fingerprint density at radius 1 is 1.38 bits per heavy atom. The van der Waals surface area contributed by atoms with Crippen molar-refractivity contribution in [2.45, 2.75) is 31.2 Å². The fraction of sp³-hybridized carbons (Fsp3) is 0.333. The number of hydrogen-bond acceptors (Lipinski definition) is 4. The first-order valence-electron chi connectivity index (χ1n) is 7.36. The summed E-state index contributed by atoms with van der Waals surface area (Å²) < 4.78 is 42.4. The lowest BCUT2D eigenvalue weighted by Gasteiger charge is -2.13. The number of aryl methyl sites for hydroxylation is 1. The van der Waals surface area contributed by atoms with Gasteiger partial charge in [0.15, 0.2) is 0 Å². The quantitative estimate of drug-likeness (QED) is 0.828. The second-order valence-electron chi connectivity index (χ2n) is 5.37. The monoisotopic (exact) mass is 354 g/mol. The van der Waals surface area contributed by atoms with E-state index < -0.39 is 21.7 Å². The Morgan fingerprint density at radius 3 is 2.67 bits per heavy atom. The van der Waals surface area contributed by atoms with Gasteiger partial charge in [0.25, 0.3) is 5.91 Å². The zero-order valence-corrected chi connectivity index (χ0v) is 14.4. The summed E-state index contributed by atoms with van der Waals surface area (Å²) in [5.41, 5.74) is -0.358. The molecule has 130 valence electrons. The minimum absolute atomic E-state index is 0.167. The van der Waals surface area contributed by atoms with Crippen molar-refractivity contribution in [1.29, 1.82) is 0 Å². The fourth-order valence-electron chi connectivity index (χ4n) is 1.94. The summed E-state index contributed by atoms with van der Waals surface area (Å²) in [5.74, 6) is -1.20. The van der Waals surface area contributed by atoms with Gasteiger partial charge >= 0.3 is 0 Å². The predicted octanol–water partition coefficient (Wildman–Crippen LogP) is 1.89. The maximum absolute atomic E-state index is 14.0. The van der Waals surface area contributed by atoms with Crippen molar-refractivity contribution >= 4 is 21.7 Å². The molecule has 1 amide bonds. The number of benzene rings is 1. The van der Waals surface area contributed by atoms with Crippen molar-refractivity contribution < 1.29 is 17.6 Å². The molecule has 0 fully saturated rings. The molecule has 24 heavy (non-hydrogen) atoms. The molecule has 2 N–H and O–H groups in total. The summed E-state index contributed by atoms with van der Waals surface area (Å²) in [6, 6.07) is 4.38. The van der Waals surface area contributed by atoms with Gasteiger partial charge in [-0.25, -0.2) is 17.5 Å². The average molecular weight is 354 g/mol. The molecule has 1 aromatic heterocycles. The first-order valence-corrected chi connectivity index (χ1v) is 8.84. The molecule has 0 radical (unpaired) electrons. The van der Waals surface area contributed by atoms with Crippen LogP contribution in [0.4, 0.5) is 10.2 Å². The van der Waals surface area contributed by atoms with Gasteiger partial charge in [0, 0.05) is 19.2 Å². The van der Waals surface area contributed by atoms with E-state index in [-0.39, 0.29) is 16.5 Å². The minimum atomic E-state index is -3.83. The highest BCUT2D eigenvalue weighted by Gasteiger charge is 2.21. The number of halogens is 1. The molecule has 0 aliphatic heterocycles. The first-order chi connectivity index (χ1) is 11.2. The third-order valence-electron chi connectivity index (χ3n) is 3.52. The molecule has 0 saturated heterocycles. The molecule has 1 atom stereocenters. The second-order valence-corrected chi connectivity index (χ2v) is 7.08. The molecule has 0 bridgehead atoms. The van der Waals surface area contributed by atoms with Gasteiger partial charge in [-0.3, -0.25) is 9.48 Å². The van der Waals surface area contributed by atoms with Gasteiger partial charge in [0.1, 0.15) is 11.6 Å². The molecule has 0 saturated carbocycles. The van der Waals surface area contributed by atoms with Crippen LogP contribution < -0.4 is 10.0 Å². The van der Waals surface area contributed by atoms with Crippen molar-refractivity contribution in [2.24, 2.45) is 7.05 Å². The fourth-order valence-corrected chi connectivity index (χ4v) is 3.29. The molecule has 0 aliphatic rings. The van der Waals surface area contributed by atoms with Crippen LogP contribution >= 0.6 is 0 Å². The molecule has 9 heteroatoms. The Kier molecular flexibility index (Phi) is 5.35. The third-order valence-corrected chi connectivity index (χ3v) is 5.11. The molecule has 1 aromatic carbocycles. The Labute approximate surface area is 139 Å². The molecule has 0 spiro atoms. The Balaban J connectivity index is 2.31. The van der Waals surface area contributed by atoms with Crippen LogP contribution in [0.2, 0.25) is 0 Å². The van der Waals surface area contributed by atoms with Crippen LogP contribution in [0.15, 0.2) is 35.4 Å². The van der Waals surface area contributed by atoms with E-state index >= 15 is 0 Å². The van der Waals surface area contributed by atoms with Crippen molar-refractivity contribution in [2.75, 3.05) is 5.32 Å². The molecule has 0 unspecified atom stereocenters. The van der Waals surface area contributed by atoms with E-state index in [1.807, 2.05) is 6.92 Å². The van der Waals surface area contributed by atoms with Crippen LogP contribution in [-0.2, 0) is 17.1 Å². The number of nitrogens with one attached hydrogen (secondary N) is 2. The summed E-state index contributed by atoms with van der Waals surface area (Å²) in [4.78, 5) is 12.1. The van der Waals surface area contributed by atoms with Crippen molar-refractivity contribution in [3.63, 3.8) is 0 Å². The summed E-state index contributed by atoms with van der Waals surface area (Å²) in [6.07, 6.45) is 2.08. The maximum atomic E-state index is 14.0. The Bertz CT molecular complexity index is 848. The van der Waals surface area contributed by atoms with E-state index in [1.165, 1.54) is 10.9 Å². The highest BCUT2D eigenvalue weighted by atomic mass is 32.2. The highest BCUT2D eigenvalue weighted by Crippen LogP contribution is 2.17. The molecular weight excluding hydrogens is 335 g/mol. The molecule has 0 aliphatic carbocycles. The summed E-state index contributed by atoms with van der Waals surface area (Å²) in [5, 5.41) is 6.37. The number of anilines is 1. The highest BCUT2D eigenvalue weighted by molar-refractivity contribution is 7.89. The van der Waals surface area contributed by atoms with E-state index in [4.69, 9.17) is 0 Å². The Morgan fingerprint density at radius 2 is 2.08 bits per heavy atom. The number of rotatable bonds is 6. The molecule has 2 aromatic rings. The molecule has 1 heterocycles. The number of amides is 1. The van der Waals surface area contributed by atoms with Crippen LogP contribution in [0.5, 0.6) is 0 Å². The topological polar surface area (TPSA) is 93.1 Å². The third kappa shape index (κ3) is 3.98. The number of aromatic nitrogens is 2. The van der Waals surface area contributed by atoms with E-state index in [1.54, 1.807) is 20.0 Å². The number of nitrogens with zero attached hydrogens (tertiary/aromatic N) is 2. The number of hydrogen-bond donors (Lipinski definition) is 2. The summed E-state index contributed by atoms with van der Waals surface area (Å²) in [6.45, 7) is 3.56. The minimum Gasteiger partial charge on any atom is -0.307 e. The molecule has 2 rings (SSSR count). The lowest BCUT2D eigenvalue weighted by atomic mass is 10.2. The van der Waals surface area contributed by atoms with E-state index in [2.05, 4.69) is 15.1 Å². The maximum Gasteiger partial charge on any atom is 0.259 e. The van der Waals surface area contributed by atoms with Gasteiger partial charge in [-0.1, -0.05) is 6.92 Å². The lowest BCUT2D eigenvalue weighted by Crippen LogP contribution is -2.32. The molecular formula is C15H19FN4O3S. The summed E-state index contributed by atoms with van der Waals surface area (Å²) >= 11 is 0. The van der Waals surface area contributed by atoms with Gasteiger partial charge in [-0.2, -0.15) is 5.10 Å². The van der Waals surface area contributed by atoms with Gasteiger partial charge in [0.2, 0.25) is 10.0 Å². The van der Waals surface area contributed by atoms with Crippen molar-refractivity contribution in [1.82, 2.24) is 14.5 Å². The number of carbonyl (C=O) groups is 1. The average Bonchev–Trinajstić information content (AvgIpc) is 2.92. The SMILES string of the molecule is CC[C@@H](C)NS(=O)(=O)c1ccc(F)c(C(=O)Nc2ccnn2C)c1. The number of carbonyl (C=O) groups excluding carboxylic acids is 1. The first kappa shape index (κ1) is 18.1. The van der Waals surface area contributed by atoms with E-state index in [0.29, 0.717) is 12.2 Å². The predicted molar refractivity (Wildman–Crippen MR) is 87.6 cm³/mol. The van der Waals surface area contributed by atoms with E-state index in [0.717, 1.165) is 18.2 Å². The van der Waals surface area contributed by atoms with Crippen LogP contribution in [0, 0.1) is 5.82 Å². The summed E-state index contributed by atoms with van der Waals surface area (Å²) in [7, 11) is -2.21. The zero-order chi connectivity index (χ0) is 17.9. The Hall–Kier alpha value is -2.26. The van der Waals surface area contributed by atoms with Crippen molar-refractivity contribution in [3.05, 3.63) is 41.8 Å². The van der Waals surface area contributed by atoms with Crippen molar-refractivity contribution in [3.8, 4) is 0 Å². The van der Waals surface area contributed by atoms with Gasteiger partial charge in [0.05, 0.1) is 16.7 Å². The van der Waals surface area contributed by atoms with Gasteiger partial charge < -0.3 is 5.32 Å². The standard InChI is InChI=1S/C15H19FN4O3S/c1-4-10(2)19-24(22,23)11-5-6-13(16)12(9-11)15(21)18-14-7-8-17-20(14)3/h5-10,19H,4H2,1-3H3,(H,18,21)/t10-/m1/s1. The van der Waals surface area contributed by atoms with Gasteiger partial charge in [-0.15, -0.1) is 0 Å². The van der Waals surface area contributed by atoms with Crippen LogP contribution in [-0.4, -0.2) is 30.1 Å². The van der Waals surface area contributed by atoms with E-state index in [9.17, 15) is 17.6 Å². The van der Waals surface area contributed by atoms with Crippen LogP contribution in [0.25, 0.3) is 0 Å². The normalized spacial score (nSPS) is 12.8.